The molecule has 0 saturated heterocycles. The van der Waals surface area contributed by atoms with Gasteiger partial charge in [-0.2, -0.15) is 0 Å². The van der Waals surface area contributed by atoms with E-state index in [1.54, 1.807) is 19.1 Å². The Bertz CT molecular complexity index is 734. The van der Waals surface area contributed by atoms with Crippen LogP contribution in [-0.2, 0) is 22.6 Å². The van der Waals surface area contributed by atoms with Crippen molar-refractivity contribution in [2.75, 3.05) is 0 Å². The van der Waals surface area contributed by atoms with E-state index >= 15 is 0 Å². The lowest BCUT2D eigenvalue weighted by Crippen LogP contribution is -2.37. The van der Waals surface area contributed by atoms with Crippen molar-refractivity contribution in [2.45, 2.75) is 26.1 Å². The van der Waals surface area contributed by atoms with Gasteiger partial charge in [0.15, 0.2) is 0 Å². The summed E-state index contributed by atoms with van der Waals surface area (Å²) in [6, 6.07) is 12.4. The maximum atomic E-state index is 11.5. The molecular formula is C17H19BN2O4. The Balaban J connectivity index is 1.61. The molecule has 24 heavy (non-hydrogen) atoms. The lowest BCUT2D eigenvalue weighted by molar-refractivity contribution is -0.122. The number of hydrogen-bond donors (Lipinski definition) is 3. The fraction of sp³-hybridized carbons (Fsp3) is 0.235. The lowest BCUT2D eigenvalue weighted by atomic mass is 9.80. The average Bonchev–Trinajstić information content (AvgIpc) is 2.94. The fourth-order valence-electron chi connectivity index (χ4n) is 2.43. The second kappa shape index (κ2) is 7.04. The maximum absolute atomic E-state index is 11.5. The van der Waals surface area contributed by atoms with Gasteiger partial charge in [0, 0.05) is 6.54 Å². The van der Waals surface area contributed by atoms with E-state index in [2.05, 4.69) is 5.32 Å². The van der Waals surface area contributed by atoms with Crippen molar-refractivity contribution in [3.05, 3.63) is 53.6 Å². The van der Waals surface area contributed by atoms with E-state index in [1.807, 2.05) is 30.3 Å². The molecule has 0 bridgehead atoms. The Morgan fingerprint density at radius 2 is 2.04 bits per heavy atom. The summed E-state index contributed by atoms with van der Waals surface area (Å²) in [7, 11) is -0.847. The molecule has 2 aromatic rings. The number of amides is 1. The van der Waals surface area contributed by atoms with Gasteiger partial charge in [-0.25, -0.2) is 0 Å². The van der Waals surface area contributed by atoms with E-state index < -0.39 is 13.2 Å². The maximum Gasteiger partial charge on any atom is 0.491 e. The Morgan fingerprint density at radius 3 is 2.75 bits per heavy atom. The number of ether oxygens (including phenoxy) is 1. The van der Waals surface area contributed by atoms with Crippen molar-refractivity contribution < 1.29 is 19.2 Å². The standard InChI is InChI=1S/C17H19BN2O4/c1-11(19)17(21)20-9-12-2-4-14(5-3-12)24-15-6-7-16-13(8-15)10-23-18(16)22/h2-8,11,22H,9-10,19H2,1H3,(H,20,21). The molecule has 1 unspecified atom stereocenters. The fourth-order valence-corrected chi connectivity index (χ4v) is 2.43. The van der Waals surface area contributed by atoms with E-state index in [-0.39, 0.29) is 5.91 Å². The average molecular weight is 326 g/mol. The van der Waals surface area contributed by atoms with Crippen LogP contribution in [0.5, 0.6) is 11.5 Å². The number of nitrogens with two attached hydrogens (primary N) is 1. The summed E-state index contributed by atoms with van der Waals surface area (Å²) in [6.45, 7) is 2.45. The molecule has 4 N–H and O–H groups in total. The number of hydrogen-bond acceptors (Lipinski definition) is 5. The number of benzene rings is 2. The predicted octanol–water partition coefficient (Wildman–Crippen LogP) is 0.660. The van der Waals surface area contributed by atoms with Crippen LogP contribution in [0.3, 0.4) is 0 Å². The molecule has 0 aromatic heterocycles. The van der Waals surface area contributed by atoms with Gasteiger partial charge in [0.2, 0.25) is 5.91 Å². The molecule has 2 aromatic carbocycles. The summed E-state index contributed by atoms with van der Waals surface area (Å²) in [5, 5.41) is 12.4. The topological polar surface area (TPSA) is 93.8 Å². The van der Waals surface area contributed by atoms with Gasteiger partial charge in [-0.15, -0.1) is 0 Å². The number of rotatable bonds is 5. The molecule has 0 aliphatic carbocycles. The molecule has 6 nitrogen and oxygen atoms in total. The highest BCUT2D eigenvalue weighted by Gasteiger charge is 2.27. The summed E-state index contributed by atoms with van der Waals surface area (Å²) in [6.07, 6.45) is 0. The SMILES string of the molecule is CC(N)C(=O)NCc1ccc(Oc2ccc3c(c2)COB3O)cc1. The molecular weight excluding hydrogens is 307 g/mol. The van der Waals surface area contributed by atoms with Gasteiger partial charge >= 0.3 is 7.12 Å². The summed E-state index contributed by atoms with van der Waals surface area (Å²) < 4.78 is 11.0. The summed E-state index contributed by atoms with van der Waals surface area (Å²) in [5.74, 6) is 1.19. The first kappa shape index (κ1) is 16.5. The normalized spacial score (nSPS) is 14.2. The van der Waals surface area contributed by atoms with Crippen LogP contribution >= 0.6 is 0 Å². The second-order valence-corrected chi connectivity index (χ2v) is 5.78. The molecule has 1 atom stereocenters. The zero-order valence-electron chi connectivity index (χ0n) is 13.4. The predicted molar refractivity (Wildman–Crippen MR) is 90.8 cm³/mol. The third-order valence-corrected chi connectivity index (χ3v) is 3.82. The van der Waals surface area contributed by atoms with Crippen LogP contribution in [0.15, 0.2) is 42.5 Å². The van der Waals surface area contributed by atoms with Gasteiger partial charge in [0.25, 0.3) is 0 Å². The zero-order chi connectivity index (χ0) is 17.1. The van der Waals surface area contributed by atoms with Crippen LogP contribution < -0.4 is 21.3 Å². The van der Waals surface area contributed by atoms with Gasteiger partial charge in [-0.05, 0) is 47.8 Å². The van der Waals surface area contributed by atoms with E-state index in [1.165, 1.54) is 0 Å². The van der Waals surface area contributed by atoms with Crippen LogP contribution in [-0.4, -0.2) is 24.1 Å². The lowest BCUT2D eigenvalue weighted by Gasteiger charge is -2.10. The molecule has 1 aliphatic heterocycles. The van der Waals surface area contributed by atoms with Crippen molar-refractivity contribution in [1.82, 2.24) is 5.32 Å². The first-order chi connectivity index (χ1) is 11.5. The molecule has 0 fully saturated rings. The number of fused-ring (bicyclic) bond motifs is 1. The number of carbonyl (C=O) groups excluding carboxylic acids is 1. The Morgan fingerprint density at radius 1 is 1.33 bits per heavy atom. The highest BCUT2D eigenvalue weighted by Crippen LogP contribution is 2.24. The third kappa shape index (κ3) is 3.76. The third-order valence-electron chi connectivity index (χ3n) is 3.82. The minimum atomic E-state index is -0.847. The highest BCUT2D eigenvalue weighted by atomic mass is 16.5. The number of carbonyl (C=O) groups is 1. The quantitative estimate of drug-likeness (QED) is 0.702. The second-order valence-electron chi connectivity index (χ2n) is 5.78. The van der Waals surface area contributed by atoms with E-state index in [4.69, 9.17) is 15.1 Å². The minimum absolute atomic E-state index is 0.183. The number of nitrogens with one attached hydrogen (secondary N) is 1. The van der Waals surface area contributed by atoms with E-state index in [9.17, 15) is 9.82 Å². The van der Waals surface area contributed by atoms with Crippen molar-refractivity contribution in [1.29, 1.82) is 0 Å². The molecule has 0 spiro atoms. The van der Waals surface area contributed by atoms with E-state index in [0.717, 1.165) is 16.6 Å². The molecule has 124 valence electrons. The summed E-state index contributed by atoms with van der Waals surface area (Å²) in [5.41, 5.74) is 8.17. The molecule has 0 radical (unpaired) electrons. The molecule has 1 amide bonds. The largest absolute Gasteiger partial charge is 0.491 e. The minimum Gasteiger partial charge on any atom is -0.457 e. The van der Waals surface area contributed by atoms with Gasteiger partial charge in [0.1, 0.15) is 11.5 Å². The summed E-state index contributed by atoms with van der Waals surface area (Å²) in [4.78, 5) is 11.5. The first-order valence-corrected chi connectivity index (χ1v) is 7.75. The monoisotopic (exact) mass is 326 g/mol. The molecule has 0 saturated carbocycles. The van der Waals surface area contributed by atoms with Crippen LogP contribution in [0.4, 0.5) is 0 Å². The molecule has 1 heterocycles. The molecule has 7 heteroatoms. The smallest absolute Gasteiger partial charge is 0.457 e. The van der Waals surface area contributed by atoms with E-state index in [0.29, 0.717) is 24.7 Å². The Labute approximate surface area is 140 Å². The van der Waals surface area contributed by atoms with Crippen molar-refractivity contribution in [3.63, 3.8) is 0 Å². The van der Waals surface area contributed by atoms with Gasteiger partial charge in [-0.3, -0.25) is 4.79 Å². The van der Waals surface area contributed by atoms with Crippen LogP contribution in [0.1, 0.15) is 18.1 Å². The van der Waals surface area contributed by atoms with Crippen molar-refractivity contribution in [2.24, 2.45) is 5.73 Å². The van der Waals surface area contributed by atoms with Crippen LogP contribution in [0, 0.1) is 0 Å². The molecule has 3 rings (SSSR count). The Hall–Kier alpha value is -2.35. The van der Waals surface area contributed by atoms with Crippen molar-refractivity contribution in [3.8, 4) is 11.5 Å². The zero-order valence-corrected chi connectivity index (χ0v) is 13.4. The van der Waals surface area contributed by atoms with Crippen LogP contribution in [0.2, 0.25) is 0 Å². The highest BCUT2D eigenvalue weighted by molar-refractivity contribution is 6.61. The van der Waals surface area contributed by atoms with Gasteiger partial charge in [0.05, 0.1) is 12.6 Å². The molecule has 1 aliphatic rings. The van der Waals surface area contributed by atoms with Crippen molar-refractivity contribution >= 4 is 18.5 Å². The first-order valence-electron chi connectivity index (χ1n) is 7.75. The Kier molecular flexibility index (Phi) is 4.85. The van der Waals surface area contributed by atoms with Crippen LogP contribution in [0.25, 0.3) is 0 Å². The van der Waals surface area contributed by atoms with Gasteiger partial charge in [-0.1, -0.05) is 18.2 Å². The van der Waals surface area contributed by atoms with Gasteiger partial charge < -0.3 is 25.5 Å². The summed E-state index contributed by atoms with van der Waals surface area (Å²) >= 11 is 0.